The van der Waals surface area contributed by atoms with Crippen LogP contribution in [-0.2, 0) is 11.2 Å². The molecule has 0 saturated carbocycles. The molecule has 23 heavy (non-hydrogen) atoms. The van der Waals surface area contributed by atoms with Crippen LogP contribution in [0.5, 0.6) is 0 Å². The van der Waals surface area contributed by atoms with Crippen molar-refractivity contribution < 1.29 is 14.3 Å². The number of ether oxygens (including phenoxy) is 1. The number of hydrogen-bond acceptors (Lipinski definition) is 4. The molecule has 0 fully saturated rings. The van der Waals surface area contributed by atoms with Gasteiger partial charge >= 0.3 is 5.97 Å². The first-order valence-corrected chi connectivity index (χ1v) is 8.27. The molecular weight excluding hydrogens is 308 g/mol. The van der Waals surface area contributed by atoms with Gasteiger partial charge in [0.1, 0.15) is 4.88 Å². The van der Waals surface area contributed by atoms with Crippen molar-refractivity contribution in [1.82, 2.24) is 0 Å². The normalized spacial score (nSPS) is 10.7. The predicted molar refractivity (Wildman–Crippen MR) is 92.3 cm³/mol. The summed E-state index contributed by atoms with van der Waals surface area (Å²) in [5.74, 6) is -0.646. The van der Waals surface area contributed by atoms with Crippen LogP contribution in [0.15, 0.2) is 54.6 Å². The Morgan fingerprint density at radius 1 is 1.04 bits per heavy atom. The SMILES string of the molecule is CCc1ccc(C(=O)COC(=O)c2cc3ccccc3s2)cc1. The van der Waals surface area contributed by atoms with Crippen LogP contribution in [0.3, 0.4) is 0 Å². The number of thiophene rings is 1. The van der Waals surface area contributed by atoms with Crippen molar-refractivity contribution in [3.63, 3.8) is 0 Å². The van der Waals surface area contributed by atoms with E-state index in [1.807, 2.05) is 36.4 Å². The summed E-state index contributed by atoms with van der Waals surface area (Å²) < 4.78 is 6.18. The Bertz CT molecular complexity index is 813. The summed E-state index contributed by atoms with van der Waals surface area (Å²) in [6.07, 6.45) is 0.926. The first-order valence-electron chi connectivity index (χ1n) is 7.45. The Morgan fingerprint density at radius 2 is 1.78 bits per heavy atom. The van der Waals surface area contributed by atoms with Gasteiger partial charge in [-0.2, -0.15) is 0 Å². The van der Waals surface area contributed by atoms with Gasteiger partial charge in [0.05, 0.1) is 0 Å². The number of esters is 1. The molecule has 0 atom stereocenters. The number of rotatable bonds is 5. The lowest BCUT2D eigenvalue weighted by atomic mass is 10.1. The lowest BCUT2D eigenvalue weighted by molar-refractivity contribution is 0.0479. The third-order valence-corrected chi connectivity index (χ3v) is 4.74. The highest BCUT2D eigenvalue weighted by Crippen LogP contribution is 2.25. The van der Waals surface area contributed by atoms with Gasteiger partial charge in [0.2, 0.25) is 0 Å². The van der Waals surface area contributed by atoms with Gasteiger partial charge in [-0.15, -0.1) is 11.3 Å². The molecule has 0 spiro atoms. The smallest absolute Gasteiger partial charge is 0.348 e. The molecular formula is C19H16O3S. The summed E-state index contributed by atoms with van der Waals surface area (Å²) in [4.78, 5) is 24.7. The van der Waals surface area contributed by atoms with Crippen LogP contribution in [0.25, 0.3) is 10.1 Å². The summed E-state index contributed by atoms with van der Waals surface area (Å²) in [7, 11) is 0. The molecule has 0 N–H and O–H groups in total. The number of fused-ring (bicyclic) bond motifs is 1. The molecule has 1 heterocycles. The van der Waals surface area contributed by atoms with Crippen molar-refractivity contribution in [3.05, 3.63) is 70.6 Å². The summed E-state index contributed by atoms with van der Waals surface area (Å²) in [5.41, 5.74) is 1.73. The number of aryl methyl sites for hydroxylation is 1. The van der Waals surface area contributed by atoms with E-state index in [1.54, 1.807) is 18.2 Å². The average molecular weight is 324 g/mol. The molecule has 4 heteroatoms. The second-order valence-corrected chi connectivity index (χ2v) is 6.28. The van der Waals surface area contributed by atoms with Gasteiger partial charge < -0.3 is 4.74 Å². The van der Waals surface area contributed by atoms with Crippen molar-refractivity contribution in [2.24, 2.45) is 0 Å². The lowest BCUT2D eigenvalue weighted by Crippen LogP contribution is -2.13. The maximum Gasteiger partial charge on any atom is 0.348 e. The minimum absolute atomic E-state index is 0.192. The largest absolute Gasteiger partial charge is 0.453 e. The molecule has 0 aliphatic heterocycles. The lowest BCUT2D eigenvalue weighted by Gasteiger charge is -2.04. The number of ketones is 1. The van der Waals surface area contributed by atoms with Crippen molar-refractivity contribution in [2.75, 3.05) is 6.61 Å². The monoisotopic (exact) mass is 324 g/mol. The van der Waals surface area contributed by atoms with E-state index in [9.17, 15) is 9.59 Å². The van der Waals surface area contributed by atoms with E-state index >= 15 is 0 Å². The molecule has 0 amide bonds. The molecule has 1 aromatic heterocycles. The van der Waals surface area contributed by atoms with Gasteiger partial charge in [-0.05, 0) is 29.5 Å². The standard InChI is InChI=1S/C19H16O3S/c1-2-13-7-9-14(10-8-13)16(20)12-22-19(21)18-11-15-5-3-4-6-17(15)23-18/h3-11H,2,12H2,1H3. The zero-order valence-electron chi connectivity index (χ0n) is 12.7. The van der Waals surface area contributed by atoms with Crippen LogP contribution in [0, 0.1) is 0 Å². The van der Waals surface area contributed by atoms with Crippen molar-refractivity contribution in [1.29, 1.82) is 0 Å². The average Bonchev–Trinajstić information content (AvgIpc) is 3.03. The fourth-order valence-corrected chi connectivity index (χ4v) is 3.25. The summed E-state index contributed by atoms with van der Waals surface area (Å²) >= 11 is 1.37. The number of hydrogen-bond donors (Lipinski definition) is 0. The fourth-order valence-electron chi connectivity index (χ4n) is 2.29. The van der Waals surface area contributed by atoms with E-state index in [4.69, 9.17) is 4.74 Å². The molecule has 0 aliphatic carbocycles. The van der Waals surface area contributed by atoms with Crippen molar-refractivity contribution >= 4 is 33.2 Å². The van der Waals surface area contributed by atoms with E-state index in [2.05, 4.69) is 6.92 Å². The maximum absolute atomic E-state index is 12.1. The van der Waals surface area contributed by atoms with E-state index in [1.165, 1.54) is 16.9 Å². The first-order chi connectivity index (χ1) is 11.2. The predicted octanol–water partition coefficient (Wildman–Crippen LogP) is 4.50. The maximum atomic E-state index is 12.1. The Hall–Kier alpha value is -2.46. The van der Waals surface area contributed by atoms with Crippen LogP contribution in [-0.4, -0.2) is 18.4 Å². The van der Waals surface area contributed by atoms with E-state index < -0.39 is 5.97 Å². The molecule has 3 nitrogen and oxygen atoms in total. The minimum atomic E-state index is -0.454. The highest BCUT2D eigenvalue weighted by Gasteiger charge is 2.14. The van der Waals surface area contributed by atoms with Gasteiger partial charge in [0.15, 0.2) is 12.4 Å². The zero-order valence-corrected chi connectivity index (χ0v) is 13.6. The Morgan fingerprint density at radius 3 is 2.48 bits per heavy atom. The molecule has 0 radical (unpaired) electrons. The van der Waals surface area contributed by atoms with Crippen molar-refractivity contribution in [2.45, 2.75) is 13.3 Å². The summed E-state index contributed by atoms with van der Waals surface area (Å²) in [5, 5.41) is 1.01. The molecule has 3 rings (SSSR count). The van der Waals surface area contributed by atoms with Gasteiger partial charge in [0, 0.05) is 10.3 Å². The molecule has 0 unspecified atom stereocenters. The third-order valence-electron chi connectivity index (χ3n) is 3.65. The van der Waals surface area contributed by atoms with Gasteiger partial charge in [-0.1, -0.05) is 49.4 Å². The summed E-state index contributed by atoms with van der Waals surface area (Å²) in [6.45, 7) is 1.82. The molecule has 0 saturated heterocycles. The Labute approximate surface area is 138 Å². The van der Waals surface area contributed by atoms with Crippen LogP contribution >= 0.6 is 11.3 Å². The van der Waals surface area contributed by atoms with Crippen LogP contribution < -0.4 is 0 Å². The molecule has 0 aliphatic rings. The van der Waals surface area contributed by atoms with Crippen LogP contribution in [0.2, 0.25) is 0 Å². The highest BCUT2D eigenvalue weighted by molar-refractivity contribution is 7.20. The third kappa shape index (κ3) is 3.48. The highest BCUT2D eigenvalue weighted by atomic mass is 32.1. The van der Waals surface area contributed by atoms with Crippen molar-refractivity contribution in [3.8, 4) is 0 Å². The van der Waals surface area contributed by atoms with Gasteiger partial charge in [-0.25, -0.2) is 4.79 Å². The van der Waals surface area contributed by atoms with Crippen LogP contribution in [0.4, 0.5) is 0 Å². The Kier molecular flexibility index (Phi) is 4.53. The summed E-state index contributed by atoms with van der Waals surface area (Å²) in [6, 6.07) is 16.9. The molecule has 0 bridgehead atoms. The first kappa shape index (κ1) is 15.4. The number of carbonyl (C=O) groups excluding carboxylic acids is 2. The van der Waals surface area contributed by atoms with E-state index in [0.29, 0.717) is 10.4 Å². The second-order valence-electron chi connectivity index (χ2n) is 5.20. The van der Waals surface area contributed by atoms with Gasteiger partial charge in [0.25, 0.3) is 0 Å². The quantitative estimate of drug-likeness (QED) is 0.512. The molecule has 3 aromatic rings. The minimum Gasteiger partial charge on any atom is -0.453 e. The number of benzene rings is 2. The van der Waals surface area contributed by atoms with Gasteiger partial charge in [-0.3, -0.25) is 4.79 Å². The van der Waals surface area contributed by atoms with E-state index in [-0.39, 0.29) is 12.4 Å². The number of Topliss-reactive ketones (excluding diaryl/α,β-unsaturated/α-hetero) is 1. The van der Waals surface area contributed by atoms with Crippen LogP contribution in [0.1, 0.15) is 32.5 Å². The fraction of sp³-hybridized carbons (Fsp3) is 0.158. The number of carbonyl (C=O) groups is 2. The van der Waals surface area contributed by atoms with E-state index in [0.717, 1.165) is 16.5 Å². The molecule has 2 aromatic carbocycles. The zero-order chi connectivity index (χ0) is 16.2. The Balaban J connectivity index is 1.64. The second kappa shape index (κ2) is 6.75. The molecule has 116 valence electrons. The topological polar surface area (TPSA) is 43.4 Å².